The standard InChI is InChI=1S/C28H27F3N2O3/c1-3-35-27(34)13-9-21-16-20(24-7-5-4-6-19(24)2)8-11-25(21)33-15-14-23(18-33)36-26-12-10-22(17-32-26)28(29,30)31/h4-13,16-17,23H,3,14-15,18H2,1-2H3/b13-9+. The van der Waals surface area contributed by atoms with Crippen LogP contribution >= 0.6 is 0 Å². The van der Waals surface area contributed by atoms with E-state index in [2.05, 4.69) is 28.9 Å². The number of hydrogen-bond acceptors (Lipinski definition) is 5. The van der Waals surface area contributed by atoms with Gasteiger partial charge in [-0.25, -0.2) is 9.78 Å². The number of halogens is 3. The summed E-state index contributed by atoms with van der Waals surface area (Å²) in [5.41, 5.74) is 4.25. The van der Waals surface area contributed by atoms with E-state index in [1.807, 2.05) is 30.3 Å². The van der Waals surface area contributed by atoms with Crippen molar-refractivity contribution in [2.24, 2.45) is 0 Å². The molecule has 0 spiro atoms. The molecule has 0 saturated carbocycles. The molecule has 8 heteroatoms. The second-order valence-electron chi connectivity index (χ2n) is 8.53. The number of aromatic nitrogens is 1. The van der Waals surface area contributed by atoms with Crippen molar-refractivity contribution in [1.82, 2.24) is 4.98 Å². The zero-order valence-electron chi connectivity index (χ0n) is 20.1. The minimum absolute atomic E-state index is 0.159. The summed E-state index contributed by atoms with van der Waals surface area (Å²) in [7, 11) is 0. The number of esters is 1. The summed E-state index contributed by atoms with van der Waals surface area (Å²) < 4.78 is 49.3. The highest BCUT2D eigenvalue weighted by Gasteiger charge is 2.31. The number of pyridine rings is 1. The van der Waals surface area contributed by atoms with E-state index in [1.54, 1.807) is 13.0 Å². The predicted octanol–water partition coefficient (Wildman–Crippen LogP) is 6.31. The Kier molecular flexibility index (Phi) is 7.62. The summed E-state index contributed by atoms with van der Waals surface area (Å²) >= 11 is 0. The van der Waals surface area contributed by atoms with Crippen molar-refractivity contribution < 1.29 is 27.4 Å². The molecule has 1 atom stereocenters. The number of carbonyl (C=O) groups excluding carboxylic acids is 1. The van der Waals surface area contributed by atoms with E-state index < -0.39 is 17.7 Å². The lowest BCUT2D eigenvalue weighted by Crippen LogP contribution is -2.25. The van der Waals surface area contributed by atoms with Crippen LogP contribution in [0.15, 0.2) is 66.9 Å². The van der Waals surface area contributed by atoms with Gasteiger partial charge in [-0.1, -0.05) is 30.3 Å². The Morgan fingerprint density at radius 3 is 2.67 bits per heavy atom. The second-order valence-corrected chi connectivity index (χ2v) is 8.53. The zero-order chi connectivity index (χ0) is 25.7. The maximum atomic E-state index is 12.8. The molecule has 1 aromatic heterocycles. The Hall–Kier alpha value is -3.81. The van der Waals surface area contributed by atoms with Gasteiger partial charge in [0.1, 0.15) is 6.10 Å². The molecular formula is C28H27F3N2O3. The van der Waals surface area contributed by atoms with E-state index in [0.717, 1.165) is 40.2 Å². The lowest BCUT2D eigenvalue weighted by Gasteiger charge is -2.22. The molecule has 1 fully saturated rings. The summed E-state index contributed by atoms with van der Waals surface area (Å²) in [6.07, 6.45) is -0.0327. The molecule has 1 aliphatic rings. The number of rotatable bonds is 7. The second kappa shape index (κ2) is 10.8. The molecule has 2 heterocycles. The van der Waals surface area contributed by atoms with Gasteiger partial charge in [-0.15, -0.1) is 0 Å². The van der Waals surface area contributed by atoms with Crippen molar-refractivity contribution in [3.05, 3.63) is 83.6 Å². The van der Waals surface area contributed by atoms with E-state index >= 15 is 0 Å². The molecule has 0 amide bonds. The SMILES string of the molecule is CCOC(=O)/C=C/c1cc(-c2ccccc2C)ccc1N1CCC(Oc2ccc(C(F)(F)F)cn2)C1. The van der Waals surface area contributed by atoms with Gasteiger partial charge in [0.25, 0.3) is 0 Å². The molecule has 0 N–H and O–H groups in total. The quantitative estimate of drug-likeness (QED) is 0.283. The van der Waals surface area contributed by atoms with Crippen LogP contribution in [0.5, 0.6) is 5.88 Å². The highest BCUT2D eigenvalue weighted by Crippen LogP contribution is 2.33. The summed E-state index contributed by atoms with van der Waals surface area (Å²) in [6, 6.07) is 16.4. The summed E-state index contributed by atoms with van der Waals surface area (Å²) in [4.78, 5) is 17.9. The monoisotopic (exact) mass is 496 g/mol. The molecule has 1 saturated heterocycles. The van der Waals surface area contributed by atoms with Gasteiger partial charge in [-0.05, 0) is 60.4 Å². The van der Waals surface area contributed by atoms with Crippen molar-refractivity contribution in [3.8, 4) is 17.0 Å². The van der Waals surface area contributed by atoms with Crippen LogP contribution in [0.1, 0.15) is 30.0 Å². The van der Waals surface area contributed by atoms with Gasteiger partial charge in [-0.3, -0.25) is 0 Å². The predicted molar refractivity (Wildman–Crippen MR) is 133 cm³/mol. The number of benzene rings is 2. The highest BCUT2D eigenvalue weighted by molar-refractivity contribution is 5.89. The van der Waals surface area contributed by atoms with Crippen LogP contribution < -0.4 is 9.64 Å². The molecule has 4 rings (SSSR count). The van der Waals surface area contributed by atoms with Crippen LogP contribution in [0, 0.1) is 6.92 Å². The normalized spacial score (nSPS) is 15.9. The average molecular weight is 497 g/mol. The third-order valence-corrected chi connectivity index (χ3v) is 6.01. The molecule has 0 bridgehead atoms. The number of alkyl halides is 3. The van der Waals surface area contributed by atoms with Crippen LogP contribution in [0.2, 0.25) is 0 Å². The summed E-state index contributed by atoms with van der Waals surface area (Å²) in [6.45, 7) is 5.32. The Labute approximate surface area is 208 Å². The van der Waals surface area contributed by atoms with Crippen LogP contribution in [0.4, 0.5) is 18.9 Å². The molecule has 3 aromatic rings. The van der Waals surface area contributed by atoms with E-state index in [4.69, 9.17) is 9.47 Å². The lowest BCUT2D eigenvalue weighted by atomic mass is 9.97. The number of hydrogen-bond donors (Lipinski definition) is 0. The molecule has 36 heavy (non-hydrogen) atoms. The number of ether oxygens (including phenoxy) is 2. The maximum absolute atomic E-state index is 12.8. The first-order valence-electron chi connectivity index (χ1n) is 11.7. The van der Waals surface area contributed by atoms with Gasteiger partial charge in [0, 0.05) is 37.0 Å². The van der Waals surface area contributed by atoms with Crippen molar-refractivity contribution >= 4 is 17.7 Å². The molecule has 0 radical (unpaired) electrons. The third-order valence-electron chi connectivity index (χ3n) is 6.01. The fourth-order valence-corrected chi connectivity index (χ4v) is 4.22. The van der Waals surface area contributed by atoms with E-state index in [-0.39, 0.29) is 12.0 Å². The first-order valence-corrected chi connectivity index (χ1v) is 11.7. The fourth-order valence-electron chi connectivity index (χ4n) is 4.22. The first-order chi connectivity index (χ1) is 17.2. The van der Waals surface area contributed by atoms with Crippen LogP contribution in [0.3, 0.4) is 0 Å². The number of nitrogens with zero attached hydrogens (tertiary/aromatic N) is 2. The van der Waals surface area contributed by atoms with Gasteiger partial charge in [-0.2, -0.15) is 13.2 Å². The van der Waals surface area contributed by atoms with E-state index in [1.165, 1.54) is 12.1 Å². The molecule has 0 aliphatic carbocycles. The summed E-state index contributed by atoms with van der Waals surface area (Å²) in [5.74, 6) is -0.257. The minimum atomic E-state index is -4.44. The van der Waals surface area contributed by atoms with Crippen molar-refractivity contribution in [1.29, 1.82) is 0 Å². The lowest BCUT2D eigenvalue weighted by molar-refractivity contribution is -0.138. The third kappa shape index (κ3) is 6.05. The van der Waals surface area contributed by atoms with Gasteiger partial charge in [0.2, 0.25) is 5.88 Å². The molecular weight excluding hydrogens is 469 g/mol. The largest absolute Gasteiger partial charge is 0.472 e. The van der Waals surface area contributed by atoms with Gasteiger partial charge >= 0.3 is 12.1 Å². The van der Waals surface area contributed by atoms with Crippen molar-refractivity contribution in [2.75, 3.05) is 24.6 Å². The van der Waals surface area contributed by atoms with Crippen molar-refractivity contribution in [2.45, 2.75) is 32.5 Å². The average Bonchev–Trinajstić information content (AvgIpc) is 3.31. The molecule has 1 aliphatic heterocycles. The molecule has 188 valence electrons. The zero-order valence-corrected chi connectivity index (χ0v) is 20.1. The number of aryl methyl sites for hydroxylation is 1. The van der Waals surface area contributed by atoms with E-state index in [0.29, 0.717) is 26.1 Å². The van der Waals surface area contributed by atoms with Gasteiger partial charge in [0.05, 0.1) is 18.7 Å². The Balaban J connectivity index is 1.55. The number of anilines is 1. The Morgan fingerprint density at radius 1 is 1.17 bits per heavy atom. The van der Waals surface area contributed by atoms with E-state index in [9.17, 15) is 18.0 Å². The van der Waals surface area contributed by atoms with Crippen LogP contribution in [-0.2, 0) is 15.7 Å². The highest BCUT2D eigenvalue weighted by atomic mass is 19.4. The number of carbonyl (C=O) groups is 1. The molecule has 5 nitrogen and oxygen atoms in total. The Morgan fingerprint density at radius 2 is 1.97 bits per heavy atom. The smallest absolute Gasteiger partial charge is 0.417 e. The maximum Gasteiger partial charge on any atom is 0.417 e. The summed E-state index contributed by atoms with van der Waals surface area (Å²) in [5, 5.41) is 0. The van der Waals surface area contributed by atoms with Crippen LogP contribution in [-0.4, -0.2) is 36.8 Å². The van der Waals surface area contributed by atoms with Gasteiger partial charge < -0.3 is 14.4 Å². The van der Waals surface area contributed by atoms with Crippen molar-refractivity contribution in [3.63, 3.8) is 0 Å². The Bertz CT molecular complexity index is 1240. The topological polar surface area (TPSA) is 51.7 Å². The molecule has 1 unspecified atom stereocenters. The fraction of sp³-hybridized carbons (Fsp3) is 0.286. The molecule has 2 aromatic carbocycles. The van der Waals surface area contributed by atoms with Gasteiger partial charge in [0.15, 0.2) is 0 Å². The van der Waals surface area contributed by atoms with Crippen LogP contribution in [0.25, 0.3) is 17.2 Å². The first kappa shape index (κ1) is 25.3. The minimum Gasteiger partial charge on any atom is -0.472 e.